The molecule has 4 rings (SSSR count). The van der Waals surface area contributed by atoms with Crippen LogP contribution in [0.25, 0.3) is 0 Å². The van der Waals surface area contributed by atoms with Crippen molar-refractivity contribution in [3.63, 3.8) is 0 Å². The van der Waals surface area contributed by atoms with Crippen molar-refractivity contribution in [2.24, 2.45) is 0 Å². The average molecular weight is 560 g/mol. The third-order valence-electron chi connectivity index (χ3n) is 6.09. The number of carbonyl (C=O) groups excluding carboxylic acids is 3. The molecule has 2 saturated heterocycles. The molecule has 2 fully saturated rings. The first kappa shape index (κ1) is 26.7. The number of esters is 1. The van der Waals surface area contributed by atoms with Crippen molar-refractivity contribution >= 4 is 57.5 Å². The molecule has 14 heteroatoms. The summed E-state index contributed by atoms with van der Waals surface area (Å²) >= 11 is 13.6. The van der Waals surface area contributed by atoms with E-state index in [0.29, 0.717) is 66.5 Å². The van der Waals surface area contributed by atoms with Crippen molar-refractivity contribution in [1.29, 1.82) is 0 Å². The van der Waals surface area contributed by atoms with E-state index in [4.69, 9.17) is 37.4 Å². The molecule has 2 amide bonds. The lowest BCUT2D eigenvalue weighted by Crippen LogP contribution is -2.56. The van der Waals surface area contributed by atoms with Gasteiger partial charge in [-0.05, 0) is 13.3 Å². The molecule has 0 bridgehead atoms. The zero-order chi connectivity index (χ0) is 25.8. The Morgan fingerprint density at radius 1 is 1.25 bits per heavy atom. The Labute approximate surface area is 222 Å². The van der Waals surface area contributed by atoms with E-state index in [-0.39, 0.29) is 23.2 Å². The lowest BCUT2D eigenvalue weighted by atomic mass is 10.0. The largest absolute Gasteiger partial charge is 0.465 e. The molecule has 0 radical (unpaired) electrons. The molecular formula is C22H27Cl2N5O6S. The third kappa shape index (κ3) is 5.94. The number of nitrogens with one attached hydrogen (secondary N) is 2. The van der Waals surface area contributed by atoms with Crippen molar-refractivity contribution in [1.82, 2.24) is 20.2 Å². The highest BCUT2D eigenvalue weighted by atomic mass is 35.5. The fourth-order valence-electron chi connectivity index (χ4n) is 4.08. The van der Waals surface area contributed by atoms with Gasteiger partial charge in [0.2, 0.25) is 5.91 Å². The lowest BCUT2D eigenvalue weighted by Gasteiger charge is -2.38. The predicted molar refractivity (Wildman–Crippen MR) is 134 cm³/mol. The maximum atomic E-state index is 13.0. The molecular weight excluding hydrogens is 533 g/mol. The van der Waals surface area contributed by atoms with Crippen LogP contribution in [-0.2, 0) is 19.0 Å². The summed E-state index contributed by atoms with van der Waals surface area (Å²) in [7, 11) is 1.32. The van der Waals surface area contributed by atoms with Crippen LogP contribution in [0.5, 0.6) is 0 Å². The monoisotopic (exact) mass is 559 g/mol. The fraction of sp³-hybridized carbons (Fsp3) is 0.545. The van der Waals surface area contributed by atoms with E-state index in [1.807, 2.05) is 4.90 Å². The average Bonchev–Trinajstić information content (AvgIpc) is 3.49. The number of morpholine rings is 1. The van der Waals surface area contributed by atoms with Gasteiger partial charge in [-0.25, -0.2) is 9.78 Å². The first-order valence-electron chi connectivity index (χ1n) is 11.4. The number of hydrogen-bond donors (Lipinski definition) is 2. The number of aromatic amines is 1. The van der Waals surface area contributed by atoms with Gasteiger partial charge in [-0.2, -0.15) is 0 Å². The number of anilines is 1. The summed E-state index contributed by atoms with van der Waals surface area (Å²) in [5.41, 5.74) is 0.767. The maximum absolute atomic E-state index is 13.0. The number of nitrogens with zero attached hydrogens (tertiary/aromatic N) is 3. The lowest BCUT2D eigenvalue weighted by molar-refractivity contribution is -0.142. The molecule has 2 N–H and O–H groups in total. The van der Waals surface area contributed by atoms with Gasteiger partial charge in [0.15, 0.2) is 5.13 Å². The van der Waals surface area contributed by atoms with Gasteiger partial charge in [-0.1, -0.05) is 34.5 Å². The van der Waals surface area contributed by atoms with Gasteiger partial charge in [-0.3, -0.25) is 9.59 Å². The Bertz CT molecular complexity index is 1120. The molecule has 0 aromatic carbocycles. The van der Waals surface area contributed by atoms with Crippen LogP contribution >= 0.6 is 34.5 Å². The van der Waals surface area contributed by atoms with E-state index >= 15 is 0 Å². The summed E-state index contributed by atoms with van der Waals surface area (Å²) in [6.07, 6.45) is 1.46. The second-order valence-electron chi connectivity index (χ2n) is 8.41. The number of aryl methyl sites for hydroxylation is 1. The predicted octanol–water partition coefficient (Wildman–Crippen LogP) is 2.13. The molecule has 0 aliphatic carbocycles. The standard InChI is InChI=1S/C22H27Cl2N5O6S/c1-12-17(23)18(24)19(26-12)20(31)27-13-3-4-29(22-25-9-15(36-22)21(32)33-2)10-14(13)35-11-16(30)28-5-7-34-8-6-28/h9,13-14,26H,3-8,10-11H2,1-2H3,(H,27,31)/t13-,14+/m1/s1. The highest BCUT2D eigenvalue weighted by molar-refractivity contribution is 7.17. The Balaban J connectivity index is 1.47. The second kappa shape index (κ2) is 11.8. The smallest absolute Gasteiger partial charge is 0.349 e. The van der Waals surface area contributed by atoms with Crippen molar-refractivity contribution < 1.29 is 28.6 Å². The molecule has 2 aromatic heterocycles. The zero-order valence-electron chi connectivity index (χ0n) is 19.8. The minimum atomic E-state index is -0.525. The number of ether oxygens (including phenoxy) is 3. The normalized spacial score (nSPS) is 20.3. The number of methoxy groups -OCH3 is 1. The molecule has 2 aliphatic rings. The number of aromatic nitrogens is 2. The molecule has 196 valence electrons. The van der Waals surface area contributed by atoms with Gasteiger partial charge in [-0.15, -0.1) is 0 Å². The van der Waals surface area contributed by atoms with Crippen molar-refractivity contribution in [3.8, 4) is 0 Å². The van der Waals surface area contributed by atoms with Gasteiger partial charge in [0.25, 0.3) is 5.91 Å². The number of rotatable bonds is 7. The van der Waals surface area contributed by atoms with Gasteiger partial charge in [0, 0.05) is 31.9 Å². The summed E-state index contributed by atoms with van der Waals surface area (Å²) in [4.78, 5) is 48.8. The second-order valence-corrected chi connectivity index (χ2v) is 10.2. The molecule has 11 nitrogen and oxygen atoms in total. The topological polar surface area (TPSA) is 126 Å². The number of halogens is 2. The summed E-state index contributed by atoms with van der Waals surface area (Å²) in [6.45, 7) is 4.51. The minimum absolute atomic E-state index is 0.135. The van der Waals surface area contributed by atoms with Gasteiger partial charge in [0.1, 0.15) is 17.2 Å². The number of amides is 2. The van der Waals surface area contributed by atoms with E-state index in [9.17, 15) is 14.4 Å². The number of thiazole rings is 1. The summed E-state index contributed by atoms with van der Waals surface area (Å²) in [6, 6.07) is -0.398. The van der Waals surface area contributed by atoms with Gasteiger partial charge in [0.05, 0.1) is 48.7 Å². The van der Waals surface area contributed by atoms with Crippen molar-refractivity contribution in [3.05, 3.63) is 32.5 Å². The van der Waals surface area contributed by atoms with Crippen molar-refractivity contribution in [2.45, 2.75) is 25.5 Å². The Hall–Kier alpha value is -2.38. The van der Waals surface area contributed by atoms with E-state index < -0.39 is 24.0 Å². The first-order chi connectivity index (χ1) is 17.3. The van der Waals surface area contributed by atoms with E-state index in [1.54, 1.807) is 11.8 Å². The Morgan fingerprint density at radius 2 is 2.00 bits per heavy atom. The molecule has 36 heavy (non-hydrogen) atoms. The Kier molecular flexibility index (Phi) is 8.73. The number of piperidine rings is 1. The molecule has 4 heterocycles. The van der Waals surface area contributed by atoms with Crippen LogP contribution in [0.15, 0.2) is 6.20 Å². The minimum Gasteiger partial charge on any atom is -0.465 e. The molecule has 0 saturated carbocycles. The molecule has 2 atom stereocenters. The highest BCUT2D eigenvalue weighted by Gasteiger charge is 2.34. The summed E-state index contributed by atoms with van der Waals surface area (Å²) < 4.78 is 16.1. The van der Waals surface area contributed by atoms with Crippen LogP contribution < -0.4 is 10.2 Å². The highest BCUT2D eigenvalue weighted by Crippen LogP contribution is 2.30. The van der Waals surface area contributed by atoms with Crippen LogP contribution in [0, 0.1) is 6.92 Å². The van der Waals surface area contributed by atoms with Crippen LogP contribution in [0.1, 0.15) is 32.3 Å². The quantitative estimate of drug-likeness (QED) is 0.494. The first-order valence-corrected chi connectivity index (χ1v) is 13.0. The van der Waals surface area contributed by atoms with Crippen LogP contribution in [-0.4, -0.2) is 97.9 Å². The summed E-state index contributed by atoms with van der Waals surface area (Å²) in [5, 5.41) is 4.05. The van der Waals surface area contributed by atoms with Crippen LogP contribution in [0.2, 0.25) is 10.0 Å². The molecule has 2 aliphatic heterocycles. The Morgan fingerprint density at radius 3 is 2.67 bits per heavy atom. The van der Waals surface area contributed by atoms with E-state index in [2.05, 4.69) is 15.3 Å². The number of hydrogen-bond acceptors (Lipinski definition) is 9. The fourth-order valence-corrected chi connectivity index (χ4v) is 5.37. The number of carbonyl (C=O) groups is 3. The zero-order valence-corrected chi connectivity index (χ0v) is 22.2. The number of H-pyrrole nitrogens is 1. The van der Waals surface area contributed by atoms with E-state index in [1.165, 1.54) is 24.6 Å². The van der Waals surface area contributed by atoms with Crippen LogP contribution in [0.4, 0.5) is 5.13 Å². The molecule has 2 aromatic rings. The maximum Gasteiger partial charge on any atom is 0.349 e. The SMILES string of the molecule is COC(=O)c1cnc(N2CC[C@@H](NC(=O)c3[nH]c(C)c(Cl)c3Cl)[C@@H](OCC(=O)N3CCOCC3)C2)s1. The molecule has 0 unspecified atom stereocenters. The summed E-state index contributed by atoms with van der Waals surface area (Å²) in [5.74, 6) is -1.01. The third-order valence-corrected chi connectivity index (χ3v) is 8.08. The van der Waals surface area contributed by atoms with E-state index in [0.717, 1.165) is 0 Å². The van der Waals surface area contributed by atoms with Crippen LogP contribution in [0.3, 0.4) is 0 Å². The van der Waals surface area contributed by atoms with Crippen molar-refractivity contribution in [2.75, 3.05) is 58.0 Å². The van der Waals surface area contributed by atoms with Gasteiger partial charge >= 0.3 is 5.97 Å². The van der Waals surface area contributed by atoms with Gasteiger partial charge < -0.3 is 34.3 Å². The molecule has 0 spiro atoms.